The van der Waals surface area contributed by atoms with Crippen molar-refractivity contribution in [2.24, 2.45) is 0 Å². The minimum Gasteiger partial charge on any atom is -0.480 e. The van der Waals surface area contributed by atoms with Crippen molar-refractivity contribution in [2.75, 3.05) is 20.3 Å². The van der Waals surface area contributed by atoms with Gasteiger partial charge in [0.2, 0.25) is 5.88 Å². The van der Waals surface area contributed by atoms with Gasteiger partial charge in [-0.25, -0.2) is 9.37 Å². The third-order valence-electron chi connectivity index (χ3n) is 4.19. The van der Waals surface area contributed by atoms with Crippen molar-refractivity contribution in [3.05, 3.63) is 59.5 Å². The first-order valence-corrected chi connectivity index (χ1v) is 8.31. The van der Waals surface area contributed by atoms with Crippen molar-refractivity contribution >= 4 is 5.91 Å². The highest BCUT2D eigenvalue weighted by atomic mass is 19.1. The summed E-state index contributed by atoms with van der Waals surface area (Å²) in [4.78, 5) is 18.8. The first-order chi connectivity index (χ1) is 12.2. The van der Waals surface area contributed by atoms with Crippen LogP contribution in [0.4, 0.5) is 4.39 Å². The molecule has 1 aliphatic heterocycles. The lowest BCUT2D eigenvalue weighted by Gasteiger charge is -2.26. The van der Waals surface area contributed by atoms with Crippen molar-refractivity contribution in [3.63, 3.8) is 0 Å². The van der Waals surface area contributed by atoms with Crippen LogP contribution in [0.5, 0.6) is 5.88 Å². The van der Waals surface area contributed by atoms with Crippen molar-refractivity contribution < 1.29 is 18.7 Å². The maximum Gasteiger partial charge on any atom is 0.259 e. The topological polar surface area (TPSA) is 51.7 Å². The zero-order chi connectivity index (χ0) is 17.6. The molecule has 25 heavy (non-hydrogen) atoms. The molecule has 1 aromatic heterocycles. The number of benzene rings is 1. The molecule has 1 unspecified atom stereocenters. The predicted molar refractivity (Wildman–Crippen MR) is 90.9 cm³/mol. The minimum atomic E-state index is -0.319. The van der Waals surface area contributed by atoms with E-state index >= 15 is 0 Å². The maximum absolute atomic E-state index is 13.5. The van der Waals surface area contributed by atoms with E-state index in [9.17, 15) is 9.18 Å². The molecule has 2 heterocycles. The minimum absolute atomic E-state index is 0.000163. The second kappa shape index (κ2) is 8.07. The zero-order valence-corrected chi connectivity index (χ0v) is 14.2. The molecule has 1 amide bonds. The largest absolute Gasteiger partial charge is 0.480 e. The van der Waals surface area contributed by atoms with Crippen LogP contribution >= 0.6 is 0 Å². The lowest BCUT2D eigenvalue weighted by Crippen LogP contribution is -2.37. The van der Waals surface area contributed by atoms with Gasteiger partial charge in [0.25, 0.3) is 5.91 Å². The van der Waals surface area contributed by atoms with Crippen LogP contribution in [-0.2, 0) is 11.3 Å². The summed E-state index contributed by atoms with van der Waals surface area (Å²) in [5, 5.41) is 0. The van der Waals surface area contributed by atoms with E-state index in [0.29, 0.717) is 25.3 Å². The number of amides is 1. The van der Waals surface area contributed by atoms with Gasteiger partial charge in [-0.05, 0) is 42.7 Å². The van der Waals surface area contributed by atoms with Crippen LogP contribution < -0.4 is 4.74 Å². The number of hydrogen-bond acceptors (Lipinski definition) is 4. The molecule has 1 aromatic carbocycles. The van der Waals surface area contributed by atoms with Crippen LogP contribution in [0.25, 0.3) is 0 Å². The Labute approximate surface area is 146 Å². The molecule has 2 aromatic rings. The fourth-order valence-corrected chi connectivity index (χ4v) is 3.00. The molecular formula is C19H21FN2O3. The van der Waals surface area contributed by atoms with Crippen LogP contribution in [0.1, 0.15) is 28.8 Å². The molecule has 0 radical (unpaired) electrons. The molecule has 1 fully saturated rings. The van der Waals surface area contributed by atoms with Gasteiger partial charge in [-0.2, -0.15) is 0 Å². The summed E-state index contributed by atoms with van der Waals surface area (Å²) in [7, 11) is 1.48. The summed E-state index contributed by atoms with van der Waals surface area (Å²) < 4.78 is 24.4. The number of ether oxygens (including phenoxy) is 2. The highest BCUT2D eigenvalue weighted by Crippen LogP contribution is 2.21. The summed E-state index contributed by atoms with van der Waals surface area (Å²) in [6.45, 7) is 1.46. The molecule has 5 nitrogen and oxygen atoms in total. The average molecular weight is 344 g/mol. The number of halogens is 1. The quantitative estimate of drug-likeness (QED) is 0.808. The summed E-state index contributed by atoms with van der Waals surface area (Å²) in [5.41, 5.74) is 1.12. The predicted octanol–water partition coefficient (Wildman–Crippen LogP) is 3.05. The van der Waals surface area contributed by atoms with Crippen LogP contribution in [0, 0.1) is 5.82 Å². The smallest absolute Gasteiger partial charge is 0.259 e. The molecule has 0 spiro atoms. The first-order valence-electron chi connectivity index (χ1n) is 8.31. The molecular weight excluding hydrogens is 323 g/mol. The lowest BCUT2D eigenvalue weighted by molar-refractivity contribution is 0.0504. The van der Waals surface area contributed by atoms with Crippen molar-refractivity contribution in [1.29, 1.82) is 0 Å². The fraction of sp³-hybridized carbons (Fsp3) is 0.368. The standard InChI is InChI=1S/C19H21FN2O3/c1-24-18-17(8-3-9-21-18)19(23)22(13-16-7-4-10-25-16)12-14-5-2-6-15(20)11-14/h2-3,5-6,8-9,11,16H,4,7,10,12-13H2,1H3. The Hall–Kier alpha value is -2.47. The SMILES string of the molecule is COc1ncccc1C(=O)N(Cc1cccc(F)c1)CC1CCCO1. The third kappa shape index (κ3) is 4.33. The Morgan fingerprint density at radius 1 is 1.40 bits per heavy atom. The van der Waals surface area contributed by atoms with Gasteiger partial charge in [0.1, 0.15) is 11.4 Å². The second-order valence-electron chi connectivity index (χ2n) is 6.01. The van der Waals surface area contributed by atoms with E-state index < -0.39 is 0 Å². The molecule has 132 valence electrons. The molecule has 0 aliphatic carbocycles. The van der Waals surface area contributed by atoms with E-state index in [0.717, 1.165) is 18.4 Å². The van der Waals surface area contributed by atoms with Gasteiger partial charge in [-0.15, -0.1) is 0 Å². The Balaban J connectivity index is 1.85. The Morgan fingerprint density at radius 3 is 3.00 bits per heavy atom. The summed E-state index contributed by atoms with van der Waals surface area (Å²) in [6, 6.07) is 9.66. The Kier molecular flexibility index (Phi) is 5.60. The van der Waals surface area contributed by atoms with Gasteiger partial charge >= 0.3 is 0 Å². The molecule has 0 bridgehead atoms. The normalized spacial score (nSPS) is 16.6. The average Bonchev–Trinajstić information content (AvgIpc) is 3.13. The molecule has 6 heteroatoms. The van der Waals surface area contributed by atoms with E-state index in [1.165, 1.54) is 19.2 Å². The molecule has 0 N–H and O–H groups in total. The number of aromatic nitrogens is 1. The number of carbonyl (C=O) groups is 1. The molecule has 3 rings (SSSR count). The van der Waals surface area contributed by atoms with Gasteiger partial charge in [0.05, 0.1) is 13.2 Å². The van der Waals surface area contributed by atoms with Crippen LogP contribution in [0.15, 0.2) is 42.6 Å². The Bertz CT molecular complexity index is 732. The van der Waals surface area contributed by atoms with Crippen molar-refractivity contribution in [1.82, 2.24) is 9.88 Å². The van der Waals surface area contributed by atoms with Gasteiger partial charge in [-0.1, -0.05) is 12.1 Å². The number of carbonyl (C=O) groups excluding carboxylic acids is 1. The molecule has 1 aliphatic rings. The Morgan fingerprint density at radius 2 is 2.28 bits per heavy atom. The number of hydrogen-bond donors (Lipinski definition) is 0. The van der Waals surface area contributed by atoms with E-state index in [2.05, 4.69) is 4.98 Å². The van der Waals surface area contributed by atoms with E-state index in [1.807, 2.05) is 0 Å². The van der Waals surface area contributed by atoms with Crippen LogP contribution in [-0.4, -0.2) is 42.2 Å². The van der Waals surface area contributed by atoms with Gasteiger partial charge < -0.3 is 14.4 Å². The first kappa shape index (κ1) is 17.4. The maximum atomic E-state index is 13.5. The molecule has 1 saturated heterocycles. The van der Waals surface area contributed by atoms with Gasteiger partial charge in [0.15, 0.2) is 0 Å². The zero-order valence-electron chi connectivity index (χ0n) is 14.2. The lowest BCUT2D eigenvalue weighted by atomic mass is 10.1. The van der Waals surface area contributed by atoms with Crippen LogP contribution in [0.3, 0.4) is 0 Å². The number of rotatable bonds is 6. The van der Waals surface area contributed by atoms with Crippen LogP contribution in [0.2, 0.25) is 0 Å². The van der Waals surface area contributed by atoms with Crippen molar-refractivity contribution in [2.45, 2.75) is 25.5 Å². The summed E-state index contributed by atoms with van der Waals surface area (Å²) in [5.74, 6) is -0.241. The summed E-state index contributed by atoms with van der Waals surface area (Å²) in [6.07, 6.45) is 3.48. The highest BCUT2D eigenvalue weighted by Gasteiger charge is 2.25. The molecule has 0 saturated carbocycles. The monoisotopic (exact) mass is 344 g/mol. The van der Waals surface area contributed by atoms with E-state index in [1.54, 1.807) is 35.4 Å². The molecule has 1 atom stereocenters. The van der Waals surface area contributed by atoms with Gasteiger partial charge in [-0.3, -0.25) is 4.79 Å². The van der Waals surface area contributed by atoms with Gasteiger partial charge in [0, 0.05) is 25.9 Å². The summed E-state index contributed by atoms with van der Waals surface area (Å²) >= 11 is 0. The van der Waals surface area contributed by atoms with Crippen molar-refractivity contribution in [3.8, 4) is 5.88 Å². The number of pyridine rings is 1. The number of methoxy groups -OCH3 is 1. The fourth-order valence-electron chi connectivity index (χ4n) is 3.00. The van der Waals surface area contributed by atoms with E-state index in [-0.39, 0.29) is 23.7 Å². The number of nitrogens with zero attached hydrogens (tertiary/aromatic N) is 2. The third-order valence-corrected chi connectivity index (χ3v) is 4.19. The second-order valence-corrected chi connectivity index (χ2v) is 6.01. The highest BCUT2D eigenvalue weighted by molar-refractivity contribution is 5.96. The van der Waals surface area contributed by atoms with E-state index in [4.69, 9.17) is 9.47 Å².